The summed E-state index contributed by atoms with van der Waals surface area (Å²) in [7, 11) is 1.55. The molecule has 6 heteroatoms. The van der Waals surface area contributed by atoms with Crippen molar-refractivity contribution >= 4 is 29.0 Å². The zero-order valence-electron chi connectivity index (χ0n) is 17.0. The number of fused-ring (bicyclic) bond motifs is 1. The first-order chi connectivity index (χ1) is 13.9. The summed E-state index contributed by atoms with van der Waals surface area (Å²) in [6.45, 7) is 4.45. The summed E-state index contributed by atoms with van der Waals surface area (Å²) >= 11 is 0. The van der Waals surface area contributed by atoms with Crippen molar-refractivity contribution in [2.75, 3.05) is 23.9 Å². The summed E-state index contributed by atoms with van der Waals surface area (Å²) in [5, 5.41) is 2.85. The van der Waals surface area contributed by atoms with Crippen molar-refractivity contribution < 1.29 is 19.1 Å². The molecule has 0 aromatic heterocycles. The molecule has 6 nitrogen and oxygen atoms in total. The van der Waals surface area contributed by atoms with Gasteiger partial charge in [0.15, 0.2) is 5.78 Å². The lowest BCUT2D eigenvalue weighted by atomic mass is 10.1. The maximum Gasteiger partial charge on any atom is 0.229 e. The number of Topliss-reactive ketones (excluding diaryl/α,β-unsaturated/α-hetero) is 1. The van der Waals surface area contributed by atoms with Crippen LogP contribution in [0.3, 0.4) is 0 Å². The van der Waals surface area contributed by atoms with E-state index >= 15 is 0 Å². The monoisotopic (exact) mass is 394 g/mol. The van der Waals surface area contributed by atoms with Gasteiger partial charge in [-0.25, -0.2) is 0 Å². The topological polar surface area (TPSA) is 75.7 Å². The maximum atomic E-state index is 12.3. The van der Waals surface area contributed by atoms with Crippen LogP contribution in [0.2, 0.25) is 0 Å². The Balaban J connectivity index is 1.57. The molecule has 1 N–H and O–H groups in total. The number of ketones is 1. The zero-order valence-corrected chi connectivity index (χ0v) is 17.0. The first-order valence-corrected chi connectivity index (χ1v) is 9.80. The van der Waals surface area contributed by atoms with Gasteiger partial charge in [0.2, 0.25) is 11.8 Å². The Kier molecular flexibility index (Phi) is 6.32. The maximum absolute atomic E-state index is 12.3. The van der Waals surface area contributed by atoms with Gasteiger partial charge in [0.25, 0.3) is 0 Å². The Morgan fingerprint density at radius 3 is 2.62 bits per heavy atom. The number of benzene rings is 2. The summed E-state index contributed by atoms with van der Waals surface area (Å²) in [6, 6.07) is 12.5. The number of nitrogens with zero attached hydrogens (tertiary/aromatic N) is 1. The van der Waals surface area contributed by atoms with Gasteiger partial charge < -0.3 is 15.0 Å². The van der Waals surface area contributed by atoms with Crippen molar-refractivity contribution in [1.29, 1.82) is 0 Å². The molecule has 0 radical (unpaired) electrons. The van der Waals surface area contributed by atoms with E-state index in [-0.39, 0.29) is 36.4 Å². The number of carbonyl (C=O) groups excluding carboxylic acids is 3. The number of amides is 2. The fraction of sp³-hybridized carbons (Fsp3) is 0.348. The summed E-state index contributed by atoms with van der Waals surface area (Å²) in [4.78, 5) is 38.7. The largest absolute Gasteiger partial charge is 0.497 e. The second-order valence-corrected chi connectivity index (χ2v) is 7.44. The predicted molar refractivity (Wildman–Crippen MR) is 113 cm³/mol. The summed E-state index contributed by atoms with van der Waals surface area (Å²) in [5.41, 5.74) is 3.17. The minimum absolute atomic E-state index is 0.0533. The number of rotatable bonds is 7. The number of hydrogen-bond acceptors (Lipinski definition) is 4. The molecule has 0 fully saturated rings. The molecule has 0 aliphatic carbocycles. The van der Waals surface area contributed by atoms with Gasteiger partial charge in [0.05, 0.1) is 7.11 Å². The van der Waals surface area contributed by atoms with Gasteiger partial charge in [-0.3, -0.25) is 14.4 Å². The number of anilines is 2. The van der Waals surface area contributed by atoms with E-state index in [1.54, 1.807) is 42.3 Å². The number of methoxy groups -OCH3 is 1. The number of nitrogens with one attached hydrogen (secondary N) is 1. The van der Waals surface area contributed by atoms with E-state index in [0.717, 1.165) is 17.7 Å². The van der Waals surface area contributed by atoms with Crippen LogP contribution in [-0.2, 0) is 16.0 Å². The van der Waals surface area contributed by atoms with Gasteiger partial charge in [0, 0.05) is 42.2 Å². The van der Waals surface area contributed by atoms with E-state index in [0.29, 0.717) is 23.5 Å². The molecule has 1 aliphatic rings. The lowest BCUT2D eigenvalue weighted by Crippen LogP contribution is -2.32. The van der Waals surface area contributed by atoms with Crippen molar-refractivity contribution in [2.45, 2.75) is 33.1 Å². The Hall–Kier alpha value is -3.15. The minimum Gasteiger partial charge on any atom is -0.497 e. The molecule has 0 atom stereocenters. The minimum atomic E-state index is -0.214. The lowest BCUT2D eigenvalue weighted by Gasteiger charge is -2.19. The van der Waals surface area contributed by atoms with Crippen LogP contribution in [0.5, 0.6) is 5.75 Å². The molecular formula is C23H26N2O4. The second kappa shape index (κ2) is 8.90. The van der Waals surface area contributed by atoms with Gasteiger partial charge in [-0.2, -0.15) is 0 Å². The first-order valence-electron chi connectivity index (χ1n) is 9.80. The van der Waals surface area contributed by atoms with E-state index < -0.39 is 0 Å². The number of carbonyl (C=O) groups is 3. The van der Waals surface area contributed by atoms with Gasteiger partial charge in [-0.15, -0.1) is 0 Å². The van der Waals surface area contributed by atoms with Crippen LogP contribution in [0.4, 0.5) is 11.4 Å². The molecule has 0 bridgehead atoms. The van der Waals surface area contributed by atoms with Gasteiger partial charge in [-0.1, -0.05) is 26.0 Å². The third kappa shape index (κ3) is 4.83. The quantitative estimate of drug-likeness (QED) is 0.724. The van der Waals surface area contributed by atoms with Gasteiger partial charge in [-0.05, 0) is 42.3 Å². The Bertz CT molecular complexity index is 936. The van der Waals surface area contributed by atoms with Crippen LogP contribution >= 0.6 is 0 Å². The molecule has 0 saturated heterocycles. The Labute approximate surface area is 170 Å². The van der Waals surface area contributed by atoms with E-state index in [1.807, 2.05) is 26.0 Å². The van der Waals surface area contributed by atoms with E-state index in [9.17, 15) is 14.4 Å². The SMILES string of the molecule is COc1cccc(C(=O)CCC(=O)Nc2ccc3c(c2)CCN3C(=O)C(C)C)c1. The van der Waals surface area contributed by atoms with Crippen LogP contribution < -0.4 is 15.0 Å². The standard InChI is InChI=1S/C23H26N2O4/c1-15(2)23(28)25-12-11-16-13-18(7-8-20(16)25)24-22(27)10-9-21(26)17-5-4-6-19(14-17)29-3/h4-8,13-15H,9-12H2,1-3H3,(H,24,27). The molecule has 1 heterocycles. The first kappa shape index (κ1) is 20.6. The number of ether oxygens (including phenoxy) is 1. The highest BCUT2D eigenvalue weighted by Gasteiger charge is 2.26. The van der Waals surface area contributed by atoms with Crippen LogP contribution in [0.15, 0.2) is 42.5 Å². The van der Waals surface area contributed by atoms with Gasteiger partial charge in [0.1, 0.15) is 5.75 Å². The van der Waals surface area contributed by atoms with Crippen molar-refractivity contribution in [3.8, 4) is 5.75 Å². The van der Waals surface area contributed by atoms with Crippen LogP contribution in [0.25, 0.3) is 0 Å². The molecule has 0 unspecified atom stereocenters. The highest BCUT2D eigenvalue weighted by molar-refractivity contribution is 6.01. The average Bonchev–Trinajstić information content (AvgIpc) is 3.14. The number of hydrogen-bond donors (Lipinski definition) is 1. The normalized spacial score (nSPS) is 12.6. The molecule has 1 aliphatic heterocycles. The van der Waals surface area contributed by atoms with E-state index in [2.05, 4.69) is 5.32 Å². The predicted octanol–water partition coefficient (Wildman–Crippen LogP) is 3.84. The Morgan fingerprint density at radius 2 is 1.90 bits per heavy atom. The van der Waals surface area contributed by atoms with Crippen LogP contribution in [-0.4, -0.2) is 31.3 Å². The smallest absolute Gasteiger partial charge is 0.229 e. The lowest BCUT2D eigenvalue weighted by molar-refractivity contribution is -0.121. The molecule has 0 spiro atoms. The molecule has 29 heavy (non-hydrogen) atoms. The van der Waals surface area contributed by atoms with Crippen LogP contribution in [0.1, 0.15) is 42.6 Å². The third-order valence-electron chi connectivity index (χ3n) is 4.99. The van der Waals surface area contributed by atoms with Crippen molar-refractivity contribution in [3.05, 3.63) is 53.6 Å². The van der Waals surface area contributed by atoms with E-state index in [1.165, 1.54) is 0 Å². The summed E-state index contributed by atoms with van der Waals surface area (Å²) < 4.78 is 5.13. The molecule has 152 valence electrons. The van der Waals surface area contributed by atoms with Gasteiger partial charge >= 0.3 is 0 Å². The third-order valence-corrected chi connectivity index (χ3v) is 4.99. The average molecular weight is 394 g/mol. The highest BCUT2D eigenvalue weighted by atomic mass is 16.5. The fourth-order valence-corrected chi connectivity index (χ4v) is 3.41. The molecule has 2 amide bonds. The fourth-order valence-electron chi connectivity index (χ4n) is 3.41. The van der Waals surface area contributed by atoms with Crippen LogP contribution in [0, 0.1) is 5.92 Å². The van der Waals surface area contributed by atoms with Crippen molar-refractivity contribution in [1.82, 2.24) is 0 Å². The molecule has 0 saturated carbocycles. The summed E-state index contributed by atoms with van der Waals surface area (Å²) in [5.74, 6) is 0.354. The summed E-state index contributed by atoms with van der Waals surface area (Å²) in [6.07, 6.45) is 0.998. The highest BCUT2D eigenvalue weighted by Crippen LogP contribution is 2.31. The molecule has 3 rings (SSSR count). The Morgan fingerprint density at radius 1 is 1.10 bits per heavy atom. The van der Waals surface area contributed by atoms with Crippen molar-refractivity contribution in [2.24, 2.45) is 5.92 Å². The van der Waals surface area contributed by atoms with Crippen molar-refractivity contribution in [3.63, 3.8) is 0 Å². The molecular weight excluding hydrogens is 368 g/mol. The van der Waals surface area contributed by atoms with E-state index in [4.69, 9.17) is 4.74 Å². The molecule has 2 aromatic rings. The zero-order chi connectivity index (χ0) is 21.0. The second-order valence-electron chi connectivity index (χ2n) is 7.44. The molecule has 2 aromatic carbocycles.